The molecule has 2 nitrogen and oxygen atoms in total. The van der Waals surface area contributed by atoms with Crippen molar-refractivity contribution in [2.24, 2.45) is 0 Å². The van der Waals surface area contributed by atoms with E-state index in [4.69, 9.17) is 0 Å². The molecule has 1 aliphatic rings. The first-order valence-corrected chi connectivity index (χ1v) is 7.16. The fourth-order valence-corrected chi connectivity index (χ4v) is 2.71. The first-order chi connectivity index (χ1) is 7.67. The molecule has 1 atom stereocenters. The fraction of sp³-hybridized carbons (Fsp3) is 1.00. The zero-order valence-corrected chi connectivity index (χ0v) is 11.7. The Kier molecular flexibility index (Phi) is 5.77. The molecule has 1 rings (SSSR count). The van der Waals surface area contributed by atoms with Crippen molar-refractivity contribution < 1.29 is 0 Å². The SMILES string of the molecule is CCCCN1CC(CC)(CC)NCCC1C. The number of rotatable bonds is 5. The van der Waals surface area contributed by atoms with E-state index in [0.717, 1.165) is 6.04 Å². The van der Waals surface area contributed by atoms with E-state index >= 15 is 0 Å². The number of nitrogens with zero attached hydrogens (tertiary/aromatic N) is 1. The lowest BCUT2D eigenvalue weighted by Crippen LogP contribution is -2.51. The Labute approximate surface area is 102 Å². The van der Waals surface area contributed by atoms with Gasteiger partial charge in [-0.15, -0.1) is 0 Å². The van der Waals surface area contributed by atoms with Crippen molar-refractivity contribution in [3.8, 4) is 0 Å². The second-order valence-corrected chi connectivity index (χ2v) is 5.38. The number of nitrogens with one attached hydrogen (secondary N) is 1. The van der Waals surface area contributed by atoms with Crippen LogP contribution in [0.5, 0.6) is 0 Å². The summed E-state index contributed by atoms with van der Waals surface area (Å²) in [5.74, 6) is 0. The van der Waals surface area contributed by atoms with Crippen molar-refractivity contribution in [3.63, 3.8) is 0 Å². The fourth-order valence-electron chi connectivity index (χ4n) is 2.71. The van der Waals surface area contributed by atoms with Gasteiger partial charge in [-0.3, -0.25) is 4.90 Å². The number of hydrogen-bond donors (Lipinski definition) is 1. The summed E-state index contributed by atoms with van der Waals surface area (Å²) < 4.78 is 0. The molecule has 0 spiro atoms. The number of hydrogen-bond acceptors (Lipinski definition) is 2. The summed E-state index contributed by atoms with van der Waals surface area (Å²) in [6, 6.07) is 0.749. The first-order valence-electron chi connectivity index (χ1n) is 7.16. The van der Waals surface area contributed by atoms with Crippen LogP contribution in [0, 0.1) is 0 Å². The molecule has 1 unspecified atom stereocenters. The van der Waals surface area contributed by atoms with Gasteiger partial charge in [-0.2, -0.15) is 0 Å². The van der Waals surface area contributed by atoms with Crippen LogP contribution in [0.15, 0.2) is 0 Å². The highest BCUT2D eigenvalue weighted by Gasteiger charge is 2.32. The van der Waals surface area contributed by atoms with Crippen LogP contribution in [-0.4, -0.2) is 36.1 Å². The van der Waals surface area contributed by atoms with Gasteiger partial charge < -0.3 is 5.32 Å². The molecule has 1 fully saturated rings. The van der Waals surface area contributed by atoms with Gasteiger partial charge in [0, 0.05) is 18.1 Å². The lowest BCUT2D eigenvalue weighted by Gasteiger charge is -2.37. The molecule has 0 aromatic carbocycles. The molecule has 1 aliphatic heterocycles. The Morgan fingerprint density at radius 2 is 1.94 bits per heavy atom. The van der Waals surface area contributed by atoms with Crippen LogP contribution in [0.3, 0.4) is 0 Å². The Morgan fingerprint density at radius 3 is 2.50 bits per heavy atom. The highest BCUT2D eigenvalue weighted by atomic mass is 15.2. The molecule has 1 saturated heterocycles. The monoisotopic (exact) mass is 226 g/mol. The zero-order valence-electron chi connectivity index (χ0n) is 11.7. The van der Waals surface area contributed by atoms with Gasteiger partial charge >= 0.3 is 0 Å². The van der Waals surface area contributed by atoms with Gasteiger partial charge in [0.1, 0.15) is 0 Å². The maximum atomic E-state index is 3.79. The molecule has 0 radical (unpaired) electrons. The standard InChI is InChI=1S/C14H30N2/c1-5-8-11-16-12-14(6-2,7-3)15-10-9-13(16)4/h13,15H,5-12H2,1-4H3. The van der Waals surface area contributed by atoms with Crippen LogP contribution in [-0.2, 0) is 0 Å². The predicted molar refractivity (Wildman–Crippen MR) is 71.9 cm³/mol. The summed E-state index contributed by atoms with van der Waals surface area (Å²) in [4.78, 5) is 2.70. The Balaban J connectivity index is 2.64. The van der Waals surface area contributed by atoms with E-state index in [-0.39, 0.29) is 0 Å². The smallest absolute Gasteiger partial charge is 0.0303 e. The molecular formula is C14H30N2. The van der Waals surface area contributed by atoms with E-state index in [9.17, 15) is 0 Å². The Bertz CT molecular complexity index is 187. The average Bonchev–Trinajstić information content (AvgIpc) is 2.47. The molecule has 0 aromatic heterocycles. The quantitative estimate of drug-likeness (QED) is 0.775. The topological polar surface area (TPSA) is 15.3 Å². The van der Waals surface area contributed by atoms with Gasteiger partial charge in [0.25, 0.3) is 0 Å². The average molecular weight is 226 g/mol. The van der Waals surface area contributed by atoms with Crippen LogP contribution < -0.4 is 5.32 Å². The maximum Gasteiger partial charge on any atom is 0.0303 e. The molecule has 1 N–H and O–H groups in total. The predicted octanol–water partition coefficient (Wildman–Crippen LogP) is 3.03. The minimum Gasteiger partial charge on any atom is -0.310 e. The van der Waals surface area contributed by atoms with E-state index in [1.165, 1.54) is 51.7 Å². The first kappa shape index (κ1) is 14.0. The van der Waals surface area contributed by atoms with Gasteiger partial charge in [-0.1, -0.05) is 27.2 Å². The number of unbranched alkanes of at least 4 members (excludes halogenated alkanes) is 1. The summed E-state index contributed by atoms with van der Waals surface area (Å²) >= 11 is 0. The summed E-state index contributed by atoms with van der Waals surface area (Å²) in [7, 11) is 0. The van der Waals surface area contributed by atoms with E-state index in [1.54, 1.807) is 0 Å². The van der Waals surface area contributed by atoms with Crippen molar-refractivity contribution in [1.29, 1.82) is 0 Å². The van der Waals surface area contributed by atoms with Gasteiger partial charge in [0.15, 0.2) is 0 Å². The van der Waals surface area contributed by atoms with Crippen molar-refractivity contribution in [2.75, 3.05) is 19.6 Å². The van der Waals surface area contributed by atoms with Crippen LogP contribution in [0.2, 0.25) is 0 Å². The van der Waals surface area contributed by atoms with E-state index in [2.05, 4.69) is 37.9 Å². The third kappa shape index (κ3) is 3.46. The van der Waals surface area contributed by atoms with E-state index in [0.29, 0.717) is 5.54 Å². The normalized spacial score (nSPS) is 26.6. The highest BCUT2D eigenvalue weighted by molar-refractivity contribution is 4.92. The minimum atomic E-state index is 0.374. The van der Waals surface area contributed by atoms with Crippen molar-refractivity contribution in [3.05, 3.63) is 0 Å². The molecule has 96 valence electrons. The molecule has 0 aliphatic carbocycles. The molecule has 0 aromatic rings. The lowest BCUT2D eigenvalue weighted by atomic mass is 9.92. The van der Waals surface area contributed by atoms with Crippen molar-refractivity contribution >= 4 is 0 Å². The molecule has 2 heteroatoms. The van der Waals surface area contributed by atoms with Crippen molar-refractivity contribution in [2.45, 2.75) is 71.4 Å². The molecular weight excluding hydrogens is 196 g/mol. The third-order valence-corrected chi connectivity index (χ3v) is 4.34. The second kappa shape index (κ2) is 6.61. The Morgan fingerprint density at radius 1 is 1.25 bits per heavy atom. The summed E-state index contributed by atoms with van der Waals surface area (Å²) in [5.41, 5.74) is 0.374. The van der Waals surface area contributed by atoms with E-state index < -0.39 is 0 Å². The van der Waals surface area contributed by atoms with E-state index in [1.807, 2.05) is 0 Å². The van der Waals surface area contributed by atoms with Gasteiger partial charge in [0.2, 0.25) is 0 Å². The van der Waals surface area contributed by atoms with Gasteiger partial charge in [0.05, 0.1) is 0 Å². The second-order valence-electron chi connectivity index (χ2n) is 5.38. The summed E-state index contributed by atoms with van der Waals surface area (Å²) in [5, 5.41) is 3.79. The minimum absolute atomic E-state index is 0.374. The highest BCUT2D eigenvalue weighted by Crippen LogP contribution is 2.22. The third-order valence-electron chi connectivity index (χ3n) is 4.34. The lowest BCUT2D eigenvalue weighted by molar-refractivity contribution is 0.157. The summed E-state index contributed by atoms with van der Waals surface area (Å²) in [6.45, 7) is 13.0. The molecule has 0 amide bonds. The van der Waals surface area contributed by atoms with Crippen LogP contribution in [0.1, 0.15) is 59.8 Å². The maximum absolute atomic E-state index is 3.79. The zero-order chi connectivity index (χ0) is 12.0. The molecule has 0 saturated carbocycles. The van der Waals surface area contributed by atoms with Crippen LogP contribution in [0.25, 0.3) is 0 Å². The van der Waals surface area contributed by atoms with Crippen molar-refractivity contribution in [1.82, 2.24) is 10.2 Å². The molecule has 1 heterocycles. The Hall–Kier alpha value is -0.0800. The largest absolute Gasteiger partial charge is 0.310 e. The van der Waals surface area contributed by atoms with Crippen LogP contribution in [0.4, 0.5) is 0 Å². The van der Waals surface area contributed by atoms with Crippen LogP contribution >= 0.6 is 0 Å². The molecule has 16 heavy (non-hydrogen) atoms. The van der Waals surface area contributed by atoms with Gasteiger partial charge in [-0.25, -0.2) is 0 Å². The van der Waals surface area contributed by atoms with Gasteiger partial charge in [-0.05, 0) is 45.7 Å². The molecule has 0 bridgehead atoms. The summed E-state index contributed by atoms with van der Waals surface area (Å²) in [6.07, 6.45) is 6.44.